The fourth-order valence-corrected chi connectivity index (χ4v) is 1.98. The molecule has 0 saturated heterocycles. The number of nitrogens with two attached hydrogens (primary N) is 3. The van der Waals surface area contributed by atoms with Crippen LogP contribution in [0.1, 0.15) is 16.7 Å². The third kappa shape index (κ3) is 10.9. The third-order valence-corrected chi connectivity index (χ3v) is 3.33. The Morgan fingerprint density at radius 1 is 0.913 bits per heavy atom. The molecule has 0 aromatic heterocycles. The Kier molecular flexibility index (Phi) is 8.61. The van der Waals surface area contributed by atoms with Crippen molar-refractivity contribution in [2.45, 2.75) is 25.7 Å². The summed E-state index contributed by atoms with van der Waals surface area (Å²) in [5, 5.41) is 4.58. The van der Waals surface area contributed by atoms with Gasteiger partial charge in [0.15, 0.2) is 0 Å². The predicted octanol–water partition coefficient (Wildman–Crippen LogP) is 0.221. The molecule has 2 aromatic carbocycles. The minimum Gasteiger partial charge on any atom is -0.744 e. The first-order valence-electron chi connectivity index (χ1n) is 6.71. The molecule has 0 amide bonds. The van der Waals surface area contributed by atoms with Crippen molar-refractivity contribution in [2.24, 2.45) is 11.5 Å². The van der Waals surface area contributed by atoms with Crippen LogP contribution in [0.2, 0.25) is 0 Å². The Balaban J connectivity index is 0.000000354. The maximum Gasteiger partial charge on any atom is 0.336 e. The van der Waals surface area contributed by atoms with Crippen LogP contribution in [-0.4, -0.2) is 18.9 Å². The van der Waals surface area contributed by atoms with Crippen molar-refractivity contribution < 1.29 is 18.4 Å². The standard InChI is InChI=1S/C8H10.C7H8O3S.CH5N3/c1-7-3-5-8(2)6-4-7;1-6-3-2-4-7(5-6)11(8,9)10;2-1(3)4/h3-6H,1-2H3;2-5H,1H3,(H,8,9,10);(H5,2,3,4). The van der Waals surface area contributed by atoms with E-state index in [1.54, 1.807) is 19.1 Å². The molecule has 0 unspecified atom stereocenters. The third-order valence-electron chi connectivity index (χ3n) is 2.50. The SMILES string of the molecule is Cc1ccc(C)cc1.Cc1cccc(S(=O)(=O)[O-])c1.NC(N)=[NH2+]. The number of rotatable bonds is 1. The van der Waals surface area contributed by atoms with E-state index in [9.17, 15) is 13.0 Å². The van der Waals surface area contributed by atoms with Crippen molar-refractivity contribution in [2.75, 3.05) is 0 Å². The van der Waals surface area contributed by atoms with E-state index in [2.05, 4.69) is 55.0 Å². The zero-order chi connectivity index (χ0) is 18.0. The summed E-state index contributed by atoms with van der Waals surface area (Å²) in [6.07, 6.45) is 0. The normalized spacial score (nSPS) is 9.74. The number of aryl methyl sites for hydroxylation is 3. The molecule has 0 aliphatic heterocycles. The predicted molar refractivity (Wildman–Crippen MR) is 90.4 cm³/mol. The monoisotopic (exact) mass is 337 g/mol. The van der Waals surface area contributed by atoms with E-state index in [-0.39, 0.29) is 10.9 Å². The van der Waals surface area contributed by atoms with Crippen LogP contribution in [0.15, 0.2) is 53.4 Å². The fourth-order valence-electron chi connectivity index (χ4n) is 1.41. The minimum atomic E-state index is -4.28. The maximum absolute atomic E-state index is 10.4. The second-order valence-electron chi connectivity index (χ2n) is 4.93. The van der Waals surface area contributed by atoms with E-state index in [1.165, 1.54) is 23.3 Å². The first-order valence-corrected chi connectivity index (χ1v) is 8.12. The highest BCUT2D eigenvalue weighted by Crippen LogP contribution is 2.09. The Hall–Kier alpha value is -2.38. The molecular formula is C16H23N3O3S. The van der Waals surface area contributed by atoms with Crippen LogP contribution in [0.3, 0.4) is 0 Å². The van der Waals surface area contributed by atoms with Crippen LogP contribution in [0, 0.1) is 20.8 Å². The van der Waals surface area contributed by atoms with Gasteiger partial charge in [0.1, 0.15) is 10.1 Å². The molecule has 0 heterocycles. The van der Waals surface area contributed by atoms with Gasteiger partial charge in [0.25, 0.3) is 0 Å². The lowest BCUT2D eigenvalue weighted by atomic mass is 10.2. The topological polar surface area (TPSA) is 135 Å². The van der Waals surface area contributed by atoms with Crippen LogP contribution in [0.25, 0.3) is 0 Å². The number of benzene rings is 2. The lowest BCUT2D eigenvalue weighted by Gasteiger charge is -2.06. The second-order valence-corrected chi connectivity index (χ2v) is 6.30. The summed E-state index contributed by atoms with van der Waals surface area (Å²) >= 11 is 0. The van der Waals surface area contributed by atoms with Crippen molar-refractivity contribution in [1.29, 1.82) is 0 Å². The number of hydrogen-bond donors (Lipinski definition) is 3. The van der Waals surface area contributed by atoms with E-state index in [1.807, 2.05) is 0 Å². The first-order chi connectivity index (χ1) is 10.5. The molecule has 0 bridgehead atoms. The maximum atomic E-state index is 10.4. The van der Waals surface area contributed by atoms with Gasteiger partial charge < -0.3 is 4.55 Å². The smallest absolute Gasteiger partial charge is 0.336 e. The van der Waals surface area contributed by atoms with Crippen molar-refractivity contribution >= 4 is 16.1 Å². The summed E-state index contributed by atoms with van der Waals surface area (Å²) in [6, 6.07) is 14.4. The molecule has 0 aliphatic rings. The molecule has 0 spiro atoms. The van der Waals surface area contributed by atoms with Crippen LogP contribution >= 0.6 is 0 Å². The molecule has 0 aliphatic carbocycles. The quantitative estimate of drug-likeness (QED) is 0.389. The zero-order valence-corrected chi connectivity index (χ0v) is 14.3. The highest BCUT2D eigenvalue weighted by molar-refractivity contribution is 7.85. The Morgan fingerprint density at radius 2 is 1.30 bits per heavy atom. The molecule has 6 nitrogen and oxygen atoms in total. The molecule has 0 saturated carbocycles. The van der Waals surface area contributed by atoms with E-state index < -0.39 is 10.1 Å². The average molecular weight is 337 g/mol. The van der Waals surface area contributed by atoms with Crippen LogP contribution < -0.4 is 16.9 Å². The average Bonchev–Trinajstić information content (AvgIpc) is 2.41. The summed E-state index contributed by atoms with van der Waals surface area (Å²) in [6.45, 7) is 5.92. The van der Waals surface area contributed by atoms with Gasteiger partial charge in [-0.15, -0.1) is 0 Å². The van der Waals surface area contributed by atoms with Gasteiger partial charge in [-0.05, 0) is 38.5 Å². The Labute approximate surface area is 137 Å². The van der Waals surface area contributed by atoms with Gasteiger partial charge in [0, 0.05) is 0 Å². The lowest BCUT2D eigenvalue weighted by Crippen LogP contribution is -2.51. The van der Waals surface area contributed by atoms with Gasteiger partial charge in [-0.2, -0.15) is 0 Å². The van der Waals surface area contributed by atoms with Gasteiger partial charge in [0.05, 0.1) is 4.90 Å². The van der Waals surface area contributed by atoms with Gasteiger partial charge >= 0.3 is 5.96 Å². The fraction of sp³-hybridized carbons (Fsp3) is 0.188. The van der Waals surface area contributed by atoms with Gasteiger partial charge in [-0.25, -0.2) is 8.42 Å². The molecule has 2 aromatic rings. The van der Waals surface area contributed by atoms with Gasteiger partial charge in [0.2, 0.25) is 0 Å². The van der Waals surface area contributed by atoms with Crippen LogP contribution in [0.5, 0.6) is 0 Å². The van der Waals surface area contributed by atoms with Crippen molar-refractivity contribution in [1.82, 2.24) is 0 Å². The van der Waals surface area contributed by atoms with E-state index in [0.717, 1.165) is 5.56 Å². The molecule has 0 atom stereocenters. The second kappa shape index (κ2) is 9.60. The van der Waals surface area contributed by atoms with E-state index in [0.29, 0.717) is 0 Å². The van der Waals surface area contributed by atoms with Gasteiger partial charge in [-0.1, -0.05) is 47.5 Å². The summed E-state index contributed by atoms with van der Waals surface area (Å²) in [4.78, 5) is -0.169. The summed E-state index contributed by atoms with van der Waals surface area (Å²) in [5.74, 6) is -0.0833. The highest BCUT2D eigenvalue weighted by Gasteiger charge is 1.98. The van der Waals surface area contributed by atoms with Crippen LogP contribution in [-0.2, 0) is 10.1 Å². The lowest BCUT2D eigenvalue weighted by molar-refractivity contribution is -0.116. The Morgan fingerprint density at radius 3 is 1.57 bits per heavy atom. The summed E-state index contributed by atoms with van der Waals surface area (Å²) in [5.41, 5.74) is 12.6. The van der Waals surface area contributed by atoms with Crippen molar-refractivity contribution in [3.63, 3.8) is 0 Å². The molecule has 0 fully saturated rings. The minimum absolute atomic E-state index is 0.0833. The molecule has 2 rings (SSSR count). The molecule has 7 heteroatoms. The van der Waals surface area contributed by atoms with Crippen molar-refractivity contribution in [3.8, 4) is 0 Å². The molecule has 0 radical (unpaired) electrons. The summed E-state index contributed by atoms with van der Waals surface area (Å²) < 4.78 is 31.3. The number of guanidine groups is 1. The highest BCUT2D eigenvalue weighted by atomic mass is 32.2. The van der Waals surface area contributed by atoms with E-state index in [4.69, 9.17) is 0 Å². The van der Waals surface area contributed by atoms with E-state index >= 15 is 0 Å². The summed E-state index contributed by atoms with van der Waals surface area (Å²) in [7, 11) is -4.28. The van der Waals surface area contributed by atoms with Gasteiger partial charge in [-0.3, -0.25) is 16.9 Å². The molecule has 23 heavy (non-hydrogen) atoms. The van der Waals surface area contributed by atoms with Crippen LogP contribution in [0.4, 0.5) is 0 Å². The Bertz CT molecular complexity index is 701. The molecule has 6 N–H and O–H groups in total. The van der Waals surface area contributed by atoms with Crippen molar-refractivity contribution in [3.05, 3.63) is 65.2 Å². The number of hydrogen-bond acceptors (Lipinski definition) is 3. The molecular weight excluding hydrogens is 314 g/mol. The zero-order valence-electron chi connectivity index (χ0n) is 13.5. The first kappa shape index (κ1) is 20.6. The molecule has 126 valence electrons. The largest absolute Gasteiger partial charge is 0.744 e.